The molecule has 0 spiro atoms. The minimum atomic E-state index is -0.545. The zero-order valence-electron chi connectivity index (χ0n) is 12.3. The average Bonchev–Trinajstić information content (AvgIpc) is 2.51. The van der Waals surface area contributed by atoms with Crippen LogP contribution in [0, 0.1) is 0 Å². The van der Waals surface area contributed by atoms with Gasteiger partial charge in [0, 0.05) is 11.5 Å². The van der Waals surface area contributed by atoms with Gasteiger partial charge in [-0.15, -0.1) is 0 Å². The monoisotopic (exact) mass is 292 g/mol. The molecule has 0 saturated heterocycles. The average molecular weight is 292 g/mol. The van der Waals surface area contributed by atoms with Crippen LogP contribution < -0.4 is 10.1 Å². The highest BCUT2D eigenvalue weighted by Crippen LogP contribution is 2.19. The molecule has 0 bridgehead atoms. The maximum Gasteiger partial charge on any atom is 0.327 e. The van der Waals surface area contributed by atoms with Crippen molar-refractivity contribution in [3.05, 3.63) is 40.3 Å². The number of carbonyl (C=O) groups excluding carboxylic acids is 1. The van der Waals surface area contributed by atoms with Crippen molar-refractivity contribution in [3.63, 3.8) is 0 Å². The second kappa shape index (κ2) is 9.63. The third-order valence-electron chi connectivity index (χ3n) is 2.81. The molecule has 0 aliphatic carbocycles. The van der Waals surface area contributed by atoms with Gasteiger partial charge in [0.1, 0.15) is 11.8 Å². The van der Waals surface area contributed by atoms with Gasteiger partial charge in [-0.3, -0.25) is 0 Å². The summed E-state index contributed by atoms with van der Waals surface area (Å²) in [6.45, 7) is 3.44. The van der Waals surface area contributed by atoms with Crippen molar-refractivity contribution >= 4 is 5.97 Å². The minimum absolute atomic E-state index is 0.358. The Morgan fingerprint density at radius 2 is 2.14 bits per heavy atom. The number of nitrogens with zero attached hydrogens (tertiary/aromatic N) is 3. The van der Waals surface area contributed by atoms with Gasteiger partial charge in [-0.1, -0.05) is 17.2 Å². The molecule has 1 rings (SSSR count). The molecule has 0 radical (unpaired) electrons. The van der Waals surface area contributed by atoms with Crippen LogP contribution in [-0.2, 0) is 9.53 Å². The fourth-order valence-corrected chi connectivity index (χ4v) is 1.82. The molecule has 7 heteroatoms. The number of esters is 1. The van der Waals surface area contributed by atoms with Crippen molar-refractivity contribution in [2.75, 3.05) is 26.8 Å². The Labute approximate surface area is 123 Å². The van der Waals surface area contributed by atoms with Crippen LogP contribution in [0.4, 0.5) is 0 Å². The number of ether oxygens (including phenoxy) is 2. The van der Waals surface area contributed by atoms with E-state index in [4.69, 9.17) is 15.0 Å². The quantitative estimate of drug-likeness (QED) is 0.249. The molecule has 21 heavy (non-hydrogen) atoms. The number of benzene rings is 1. The molecule has 0 saturated carbocycles. The van der Waals surface area contributed by atoms with Crippen molar-refractivity contribution in [1.29, 1.82) is 0 Å². The van der Waals surface area contributed by atoms with Crippen LogP contribution in [0.5, 0.6) is 5.75 Å². The third-order valence-corrected chi connectivity index (χ3v) is 2.81. The van der Waals surface area contributed by atoms with Crippen molar-refractivity contribution in [3.8, 4) is 5.75 Å². The van der Waals surface area contributed by atoms with E-state index in [0.29, 0.717) is 26.1 Å². The molecule has 1 aromatic carbocycles. The predicted molar refractivity (Wildman–Crippen MR) is 79.0 cm³/mol. The van der Waals surface area contributed by atoms with Gasteiger partial charge in [0.15, 0.2) is 0 Å². The van der Waals surface area contributed by atoms with Gasteiger partial charge in [-0.05, 0) is 43.1 Å². The summed E-state index contributed by atoms with van der Waals surface area (Å²) < 4.78 is 10.2. The van der Waals surface area contributed by atoms with Crippen LogP contribution in [0.3, 0.4) is 0 Å². The highest BCUT2D eigenvalue weighted by molar-refractivity contribution is 5.77. The lowest BCUT2D eigenvalue weighted by Crippen LogP contribution is -2.30. The van der Waals surface area contributed by atoms with Gasteiger partial charge >= 0.3 is 5.97 Å². The molecule has 1 aromatic rings. The Balaban J connectivity index is 2.67. The number of rotatable bonds is 9. The topological polar surface area (TPSA) is 96.3 Å². The second-order valence-corrected chi connectivity index (χ2v) is 4.22. The van der Waals surface area contributed by atoms with Crippen LogP contribution in [0.2, 0.25) is 0 Å². The van der Waals surface area contributed by atoms with Crippen molar-refractivity contribution < 1.29 is 14.3 Å². The van der Waals surface area contributed by atoms with Crippen molar-refractivity contribution in [1.82, 2.24) is 5.32 Å². The Kier molecular flexibility index (Phi) is 7.71. The summed E-state index contributed by atoms with van der Waals surface area (Å²) >= 11 is 0. The molecule has 7 nitrogen and oxygen atoms in total. The summed E-state index contributed by atoms with van der Waals surface area (Å²) in [6, 6.07) is 6.74. The van der Waals surface area contributed by atoms with Gasteiger partial charge in [0.2, 0.25) is 0 Å². The summed E-state index contributed by atoms with van der Waals surface area (Å²) in [5, 5.41) is 6.54. The molecule has 1 unspecified atom stereocenters. The SMILES string of the molecule is CCOc1ccc(C(NCCCN=[N+]=[N-])C(=O)OC)cc1. The Morgan fingerprint density at radius 3 is 2.71 bits per heavy atom. The lowest BCUT2D eigenvalue weighted by Gasteiger charge is -2.17. The highest BCUT2D eigenvalue weighted by atomic mass is 16.5. The molecular formula is C14H20N4O3. The van der Waals surface area contributed by atoms with E-state index in [-0.39, 0.29) is 5.97 Å². The first-order valence-corrected chi connectivity index (χ1v) is 6.77. The molecule has 0 aromatic heterocycles. The predicted octanol–water partition coefficient (Wildman–Crippen LogP) is 2.59. The summed E-state index contributed by atoms with van der Waals surface area (Å²) in [5.74, 6) is 0.399. The first-order valence-electron chi connectivity index (χ1n) is 6.77. The van der Waals surface area contributed by atoms with E-state index in [2.05, 4.69) is 15.3 Å². The van der Waals surface area contributed by atoms with Crippen LogP contribution in [-0.4, -0.2) is 32.8 Å². The van der Waals surface area contributed by atoms with E-state index in [1.54, 1.807) is 0 Å². The van der Waals surface area contributed by atoms with Crippen LogP contribution in [0.1, 0.15) is 24.9 Å². The van der Waals surface area contributed by atoms with Gasteiger partial charge in [0.25, 0.3) is 0 Å². The van der Waals surface area contributed by atoms with Gasteiger partial charge in [-0.25, -0.2) is 4.79 Å². The molecule has 0 heterocycles. The largest absolute Gasteiger partial charge is 0.494 e. The fourth-order valence-electron chi connectivity index (χ4n) is 1.82. The van der Waals surface area contributed by atoms with Crippen LogP contribution >= 0.6 is 0 Å². The van der Waals surface area contributed by atoms with Crippen molar-refractivity contribution in [2.24, 2.45) is 5.11 Å². The molecule has 0 fully saturated rings. The van der Waals surface area contributed by atoms with E-state index in [9.17, 15) is 4.79 Å². The lowest BCUT2D eigenvalue weighted by molar-refractivity contribution is -0.143. The summed E-state index contributed by atoms with van der Waals surface area (Å²) in [7, 11) is 1.35. The van der Waals surface area contributed by atoms with Crippen molar-refractivity contribution in [2.45, 2.75) is 19.4 Å². The fraction of sp³-hybridized carbons (Fsp3) is 0.500. The number of azide groups is 1. The van der Waals surface area contributed by atoms with E-state index in [0.717, 1.165) is 11.3 Å². The molecule has 0 amide bonds. The number of nitrogens with one attached hydrogen (secondary N) is 1. The normalized spacial score (nSPS) is 11.3. The van der Waals surface area contributed by atoms with Gasteiger partial charge in [0.05, 0.1) is 13.7 Å². The molecule has 0 aliphatic rings. The van der Waals surface area contributed by atoms with E-state index < -0.39 is 6.04 Å². The maximum absolute atomic E-state index is 11.8. The van der Waals surface area contributed by atoms with Crippen LogP contribution in [0.25, 0.3) is 10.4 Å². The number of carbonyl (C=O) groups is 1. The lowest BCUT2D eigenvalue weighted by atomic mass is 10.1. The van der Waals surface area contributed by atoms with Gasteiger partial charge < -0.3 is 14.8 Å². The standard InChI is InChI=1S/C14H20N4O3/c1-3-21-12-7-5-11(6-8-12)13(14(19)20-2)16-9-4-10-17-18-15/h5-8,13,16H,3-4,9-10H2,1-2H3. The smallest absolute Gasteiger partial charge is 0.327 e. The minimum Gasteiger partial charge on any atom is -0.494 e. The Morgan fingerprint density at radius 1 is 1.43 bits per heavy atom. The Hall–Kier alpha value is -2.24. The molecule has 114 valence electrons. The molecular weight excluding hydrogens is 272 g/mol. The van der Waals surface area contributed by atoms with E-state index >= 15 is 0 Å². The summed E-state index contributed by atoms with van der Waals surface area (Å²) in [6.07, 6.45) is 0.647. The summed E-state index contributed by atoms with van der Waals surface area (Å²) in [4.78, 5) is 14.5. The first-order chi connectivity index (χ1) is 10.2. The van der Waals surface area contributed by atoms with E-state index in [1.165, 1.54) is 7.11 Å². The zero-order chi connectivity index (χ0) is 15.5. The molecule has 1 N–H and O–H groups in total. The zero-order valence-corrected chi connectivity index (χ0v) is 12.3. The Bertz CT molecular complexity index is 483. The van der Waals surface area contributed by atoms with Gasteiger partial charge in [-0.2, -0.15) is 0 Å². The number of hydrogen-bond donors (Lipinski definition) is 1. The number of methoxy groups -OCH3 is 1. The molecule has 0 aliphatic heterocycles. The summed E-state index contributed by atoms with van der Waals surface area (Å²) in [5.41, 5.74) is 9.00. The van der Waals surface area contributed by atoms with Crippen LogP contribution in [0.15, 0.2) is 29.4 Å². The third kappa shape index (κ3) is 5.72. The molecule has 1 atom stereocenters. The highest BCUT2D eigenvalue weighted by Gasteiger charge is 2.20. The second-order valence-electron chi connectivity index (χ2n) is 4.22. The first kappa shape index (κ1) is 16.8. The number of hydrogen-bond acceptors (Lipinski definition) is 5. The van der Waals surface area contributed by atoms with E-state index in [1.807, 2.05) is 31.2 Å². The maximum atomic E-state index is 11.8.